The van der Waals surface area contributed by atoms with Gasteiger partial charge in [0.1, 0.15) is 23.1 Å². The summed E-state index contributed by atoms with van der Waals surface area (Å²) >= 11 is 0. The Hall–Kier alpha value is -2.73. The topological polar surface area (TPSA) is 229 Å². The van der Waals surface area contributed by atoms with Crippen molar-refractivity contribution in [3.05, 3.63) is 0 Å². The van der Waals surface area contributed by atoms with Crippen LogP contribution in [0, 0.1) is 23.7 Å². The molecule has 0 aromatic heterocycles. The van der Waals surface area contributed by atoms with Crippen molar-refractivity contribution in [2.75, 3.05) is 0 Å². The zero-order valence-electron chi connectivity index (χ0n) is 28.2. The van der Waals surface area contributed by atoms with Crippen LogP contribution in [0.4, 0.5) is 0 Å². The number of Topliss-reactive ketones (excluding diaryl/α,β-unsaturated/α-hetero) is 4. The van der Waals surface area contributed by atoms with Gasteiger partial charge in [-0.15, -0.1) is 0 Å². The van der Waals surface area contributed by atoms with E-state index >= 15 is 0 Å². The molecule has 0 rings (SSSR count). The maximum absolute atomic E-state index is 10.9. The van der Waals surface area contributed by atoms with Gasteiger partial charge < -0.3 is 39.6 Å². The summed E-state index contributed by atoms with van der Waals surface area (Å²) in [5, 5.41) is 39.7. The average molecular weight is 677 g/mol. The van der Waals surface area contributed by atoms with Gasteiger partial charge in [0, 0.05) is 73.2 Å². The third-order valence-electron chi connectivity index (χ3n) is 5.79. The van der Waals surface area contributed by atoms with Crippen LogP contribution in [0.2, 0.25) is 0 Å². The fourth-order valence-electron chi connectivity index (χ4n) is 2.78. The Morgan fingerprint density at radius 3 is 0.556 bits per heavy atom. The quantitative estimate of drug-likeness (QED) is 0.161. The SMILES string of the molecule is CC(C)C(=O)CCCC(=O)[O-].CC(C)C(=O)CCCC(=O)[O-].CC(C)C(=O)CCCC(=O)[O-].CC(C)C(=O)CCCC(=O)[O-].[Ti+4]. The van der Waals surface area contributed by atoms with Gasteiger partial charge >= 0.3 is 21.7 Å². The summed E-state index contributed by atoms with van der Waals surface area (Å²) < 4.78 is 0. The minimum atomic E-state index is -1.08. The number of rotatable bonds is 20. The molecule has 0 saturated carbocycles. The van der Waals surface area contributed by atoms with Crippen LogP contribution in [0.5, 0.6) is 0 Å². The number of hydrogen-bond donors (Lipinski definition) is 0. The first-order valence-corrected chi connectivity index (χ1v) is 15.1. The molecule has 0 saturated heterocycles. The predicted octanol–water partition coefficient (Wildman–Crippen LogP) is 0.524. The molecule has 0 radical (unpaired) electrons. The van der Waals surface area contributed by atoms with E-state index in [9.17, 15) is 58.8 Å². The van der Waals surface area contributed by atoms with Gasteiger partial charge in [0.25, 0.3) is 0 Å². The third-order valence-corrected chi connectivity index (χ3v) is 5.79. The van der Waals surface area contributed by atoms with Crippen molar-refractivity contribution in [2.45, 2.75) is 132 Å². The summed E-state index contributed by atoms with van der Waals surface area (Å²) in [4.78, 5) is 83.4. The van der Waals surface area contributed by atoms with Crippen molar-refractivity contribution < 1.29 is 80.5 Å². The van der Waals surface area contributed by atoms with Gasteiger partial charge in [-0.05, 0) is 51.4 Å². The maximum atomic E-state index is 10.9. The van der Waals surface area contributed by atoms with E-state index in [4.69, 9.17) is 0 Å². The molecule has 0 fully saturated rings. The number of ketones is 4. The van der Waals surface area contributed by atoms with Crippen molar-refractivity contribution in [1.29, 1.82) is 0 Å². The van der Waals surface area contributed by atoms with Crippen LogP contribution >= 0.6 is 0 Å². The molecule has 0 aliphatic rings. The first-order chi connectivity index (χ1) is 20.1. The van der Waals surface area contributed by atoms with Crippen molar-refractivity contribution >= 4 is 47.0 Å². The molecule has 0 N–H and O–H groups in total. The molecule has 0 aliphatic carbocycles. The van der Waals surface area contributed by atoms with E-state index in [1.807, 2.05) is 0 Å². The molecule has 0 heterocycles. The Morgan fingerprint density at radius 1 is 0.333 bits per heavy atom. The number of carboxylic acids is 4. The maximum Gasteiger partial charge on any atom is 4.00 e. The van der Waals surface area contributed by atoms with Crippen LogP contribution in [-0.4, -0.2) is 47.0 Å². The second-order valence-corrected chi connectivity index (χ2v) is 11.4. The van der Waals surface area contributed by atoms with E-state index in [-0.39, 0.29) is 94.2 Å². The Balaban J connectivity index is -0.000000157. The molecular weight excluding hydrogens is 624 g/mol. The van der Waals surface area contributed by atoms with Crippen molar-refractivity contribution in [1.82, 2.24) is 0 Å². The van der Waals surface area contributed by atoms with Crippen LogP contribution in [0.25, 0.3) is 0 Å². The zero-order valence-corrected chi connectivity index (χ0v) is 29.8. The summed E-state index contributed by atoms with van der Waals surface area (Å²) in [5.41, 5.74) is 0. The van der Waals surface area contributed by atoms with Crippen LogP contribution in [0.1, 0.15) is 132 Å². The summed E-state index contributed by atoms with van der Waals surface area (Å²) in [6.45, 7) is 14.5. The standard InChI is InChI=1S/4C8H14O3.Ti/c4*1-6(2)7(9)4-3-5-8(10)11;/h4*6H,3-5H2,1-2H3,(H,10,11);/q;;;;+4/p-4. The van der Waals surface area contributed by atoms with Crippen molar-refractivity contribution in [3.63, 3.8) is 0 Å². The smallest absolute Gasteiger partial charge is 0.550 e. The Kier molecular flexibility index (Phi) is 37.6. The Morgan fingerprint density at radius 2 is 0.467 bits per heavy atom. The molecule has 45 heavy (non-hydrogen) atoms. The monoisotopic (exact) mass is 676 g/mol. The zero-order chi connectivity index (χ0) is 35.4. The second kappa shape index (κ2) is 32.7. The molecule has 0 spiro atoms. The van der Waals surface area contributed by atoms with Gasteiger partial charge in [-0.1, -0.05) is 55.4 Å². The molecular formula is C32H52O12Ti. The minimum Gasteiger partial charge on any atom is -0.550 e. The molecule has 256 valence electrons. The van der Waals surface area contributed by atoms with Crippen LogP contribution < -0.4 is 20.4 Å². The number of hydrogen-bond acceptors (Lipinski definition) is 12. The van der Waals surface area contributed by atoms with Gasteiger partial charge in [-0.3, -0.25) is 19.2 Å². The molecule has 0 unspecified atom stereocenters. The largest absolute Gasteiger partial charge is 4.00 e. The van der Waals surface area contributed by atoms with E-state index in [0.717, 1.165) is 0 Å². The van der Waals surface area contributed by atoms with Crippen molar-refractivity contribution in [3.8, 4) is 0 Å². The van der Waals surface area contributed by atoms with Gasteiger partial charge in [0.05, 0.1) is 0 Å². The Bertz CT molecular complexity index is 749. The second-order valence-electron chi connectivity index (χ2n) is 11.4. The van der Waals surface area contributed by atoms with Gasteiger partial charge in [0.2, 0.25) is 0 Å². The van der Waals surface area contributed by atoms with E-state index < -0.39 is 23.9 Å². The van der Waals surface area contributed by atoms with E-state index in [0.29, 0.717) is 51.4 Å². The summed E-state index contributed by atoms with van der Waals surface area (Å²) in [5.74, 6) is -3.82. The van der Waals surface area contributed by atoms with Gasteiger partial charge in [0.15, 0.2) is 0 Å². The van der Waals surface area contributed by atoms with E-state index in [1.54, 1.807) is 55.4 Å². The van der Waals surface area contributed by atoms with E-state index in [2.05, 4.69) is 0 Å². The number of carbonyl (C=O) groups excluding carboxylic acids is 8. The predicted molar refractivity (Wildman–Crippen MR) is 155 cm³/mol. The fourth-order valence-corrected chi connectivity index (χ4v) is 2.78. The minimum absolute atomic E-state index is 0. The van der Waals surface area contributed by atoms with Crippen LogP contribution in [-0.2, 0) is 60.1 Å². The molecule has 0 atom stereocenters. The fraction of sp³-hybridized carbons (Fsp3) is 0.750. The summed E-state index contributed by atoms with van der Waals surface area (Å²) in [6.07, 6.45) is 2.96. The first kappa shape index (κ1) is 51.8. The molecule has 0 bridgehead atoms. The molecule has 0 aromatic rings. The number of carboxylic acid groups (broad SMARTS) is 4. The molecule has 13 heteroatoms. The molecule has 12 nitrogen and oxygen atoms in total. The van der Waals surface area contributed by atoms with Gasteiger partial charge in [-0.25, -0.2) is 0 Å². The molecule has 0 aliphatic heterocycles. The van der Waals surface area contributed by atoms with Gasteiger partial charge in [-0.2, -0.15) is 0 Å². The molecule has 0 amide bonds. The van der Waals surface area contributed by atoms with Crippen LogP contribution in [0.15, 0.2) is 0 Å². The van der Waals surface area contributed by atoms with E-state index in [1.165, 1.54) is 0 Å². The van der Waals surface area contributed by atoms with Crippen molar-refractivity contribution in [2.24, 2.45) is 23.7 Å². The summed E-state index contributed by atoms with van der Waals surface area (Å²) in [6, 6.07) is 0. The first-order valence-electron chi connectivity index (χ1n) is 15.1. The number of carbonyl (C=O) groups is 8. The van der Waals surface area contributed by atoms with Crippen LogP contribution in [0.3, 0.4) is 0 Å². The third kappa shape index (κ3) is 45.8. The summed E-state index contributed by atoms with van der Waals surface area (Å²) in [7, 11) is 0. The Labute approximate surface area is 283 Å². The number of aliphatic carboxylic acids is 4. The molecule has 0 aromatic carbocycles. The average Bonchev–Trinajstić information content (AvgIpc) is 2.88. The normalized spacial score (nSPS) is 9.87.